The maximum absolute atomic E-state index is 11.9. The predicted molar refractivity (Wildman–Crippen MR) is 143 cm³/mol. The molecule has 0 spiro atoms. The van der Waals surface area contributed by atoms with Crippen LogP contribution in [-0.2, 0) is 17.7 Å². The molecule has 1 aliphatic heterocycles. The second-order valence-electron chi connectivity index (χ2n) is 10.4. The van der Waals surface area contributed by atoms with Gasteiger partial charge in [0.1, 0.15) is 11.2 Å². The number of carbonyl (C=O) groups excluding carboxylic acids is 1. The van der Waals surface area contributed by atoms with Crippen LogP contribution in [0.15, 0.2) is 60.8 Å². The molecule has 37 heavy (non-hydrogen) atoms. The number of aromatic carboxylic acids is 1. The van der Waals surface area contributed by atoms with Crippen LogP contribution in [0.5, 0.6) is 0 Å². The fraction of sp³-hybridized carbons (Fsp3) is 0.379. The average Bonchev–Trinajstić information content (AvgIpc) is 2.87. The van der Waals surface area contributed by atoms with E-state index in [2.05, 4.69) is 44.5 Å². The van der Waals surface area contributed by atoms with Crippen molar-refractivity contribution in [2.45, 2.75) is 52.2 Å². The van der Waals surface area contributed by atoms with Crippen molar-refractivity contribution in [3.8, 4) is 11.3 Å². The smallest absolute Gasteiger partial charge is 0.407 e. The average molecular weight is 503 g/mol. The van der Waals surface area contributed by atoms with Gasteiger partial charge in [-0.15, -0.1) is 0 Å². The zero-order valence-electron chi connectivity index (χ0n) is 21.6. The van der Waals surface area contributed by atoms with E-state index in [-0.39, 0.29) is 5.56 Å². The van der Waals surface area contributed by atoms with E-state index in [1.165, 1.54) is 11.8 Å². The third-order valence-corrected chi connectivity index (χ3v) is 6.33. The molecular weight excluding hydrogens is 468 g/mol. The highest BCUT2D eigenvalue weighted by molar-refractivity contribution is 5.94. The van der Waals surface area contributed by atoms with E-state index in [1.54, 1.807) is 0 Å². The fourth-order valence-corrected chi connectivity index (χ4v) is 4.45. The van der Waals surface area contributed by atoms with Gasteiger partial charge in [0.2, 0.25) is 5.95 Å². The number of carboxylic acid groups (broad SMARTS) is 1. The van der Waals surface area contributed by atoms with Crippen molar-refractivity contribution in [3.63, 3.8) is 0 Å². The molecule has 1 aromatic heterocycles. The van der Waals surface area contributed by atoms with Gasteiger partial charge in [-0.1, -0.05) is 54.6 Å². The Morgan fingerprint density at radius 1 is 1.03 bits per heavy atom. The molecule has 2 heterocycles. The van der Waals surface area contributed by atoms with Gasteiger partial charge in [0.15, 0.2) is 0 Å². The van der Waals surface area contributed by atoms with Gasteiger partial charge in [0, 0.05) is 31.4 Å². The van der Waals surface area contributed by atoms with Crippen LogP contribution in [0.4, 0.5) is 10.7 Å². The lowest BCUT2D eigenvalue weighted by Crippen LogP contribution is -2.35. The molecule has 0 saturated carbocycles. The molecule has 0 unspecified atom stereocenters. The third kappa shape index (κ3) is 7.29. The topological polar surface area (TPSA) is 105 Å². The highest BCUT2D eigenvalue weighted by Gasteiger charge is 2.23. The first-order valence-corrected chi connectivity index (χ1v) is 12.6. The number of hydrogen-bond donors (Lipinski definition) is 2. The normalized spacial score (nSPS) is 14.3. The van der Waals surface area contributed by atoms with Gasteiger partial charge in [-0.05, 0) is 57.1 Å². The van der Waals surface area contributed by atoms with Crippen LogP contribution in [-0.4, -0.2) is 45.8 Å². The van der Waals surface area contributed by atoms with Gasteiger partial charge >= 0.3 is 12.1 Å². The Kier molecular flexibility index (Phi) is 8.06. The molecular formula is C29H34N4O4. The van der Waals surface area contributed by atoms with Crippen LogP contribution in [0.2, 0.25) is 0 Å². The molecule has 0 bridgehead atoms. The first-order chi connectivity index (χ1) is 17.7. The van der Waals surface area contributed by atoms with Gasteiger partial charge in [-0.3, -0.25) is 0 Å². The summed E-state index contributed by atoms with van der Waals surface area (Å²) in [6.07, 6.45) is 4.04. The monoisotopic (exact) mass is 502 g/mol. The van der Waals surface area contributed by atoms with E-state index in [9.17, 15) is 14.7 Å². The van der Waals surface area contributed by atoms with Crippen molar-refractivity contribution >= 4 is 18.0 Å². The zero-order chi connectivity index (χ0) is 26.4. The molecule has 1 fully saturated rings. The SMILES string of the molecule is CC(C)(C)OC(=O)NCc1ccc(-c2nc(N3CCC(Cc4ccccc4)CC3)ncc2C(=O)O)cc1. The first-order valence-electron chi connectivity index (χ1n) is 12.6. The summed E-state index contributed by atoms with van der Waals surface area (Å²) in [7, 11) is 0. The Morgan fingerprint density at radius 2 is 1.70 bits per heavy atom. The van der Waals surface area contributed by atoms with Crippen LogP contribution >= 0.6 is 0 Å². The number of hydrogen-bond acceptors (Lipinski definition) is 6. The molecule has 2 N–H and O–H groups in total. The molecule has 1 amide bonds. The Hall–Kier alpha value is -3.94. The number of alkyl carbamates (subject to hydrolysis) is 1. The number of piperidine rings is 1. The summed E-state index contributed by atoms with van der Waals surface area (Å²) >= 11 is 0. The highest BCUT2D eigenvalue weighted by atomic mass is 16.6. The summed E-state index contributed by atoms with van der Waals surface area (Å²) in [5, 5.41) is 12.5. The fourth-order valence-electron chi connectivity index (χ4n) is 4.45. The number of aromatic nitrogens is 2. The van der Waals surface area contributed by atoms with E-state index in [0.717, 1.165) is 37.9 Å². The third-order valence-electron chi connectivity index (χ3n) is 6.33. The van der Waals surface area contributed by atoms with Crippen LogP contribution in [0.3, 0.4) is 0 Å². The van der Waals surface area contributed by atoms with E-state index in [0.29, 0.717) is 29.7 Å². The molecule has 194 valence electrons. The van der Waals surface area contributed by atoms with E-state index in [1.807, 2.05) is 51.1 Å². The van der Waals surface area contributed by atoms with E-state index < -0.39 is 17.7 Å². The van der Waals surface area contributed by atoms with Gasteiger partial charge < -0.3 is 20.1 Å². The predicted octanol–water partition coefficient (Wildman–Crippen LogP) is 5.33. The van der Waals surface area contributed by atoms with Crippen LogP contribution in [0, 0.1) is 5.92 Å². The minimum absolute atomic E-state index is 0.0577. The number of carboxylic acids is 1. The number of nitrogens with zero attached hydrogens (tertiary/aromatic N) is 3. The minimum atomic E-state index is -1.07. The van der Waals surface area contributed by atoms with Crippen molar-refractivity contribution in [1.82, 2.24) is 15.3 Å². The van der Waals surface area contributed by atoms with Crippen molar-refractivity contribution < 1.29 is 19.4 Å². The molecule has 8 nitrogen and oxygen atoms in total. The lowest BCUT2D eigenvalue weighted by molar-refractivity contribution is 0.0523. The maximum atomic E-state index is 11.9. The van der Waals surface area contributed by atoms with Crippen LogP contribution in [0.1, 0.15) is 55.1 Å². The van der Waals surface area contributed by atoms with E-state index in [4.69, 9.17) is 4.74 Å². The van der Waals surface area contributed by atoms with Crippen molar-refractivity contribution in [2.75, 3.05) is 18.0 Å². The number of nitrogens with one attached hydrogen (secondary N) is 1. The Morgan fingerprint density at radius 3 is 2.32 bits per heavy atom. The Balaban J connectivity index is 1.43. The van der Waals surface area contributed by atoms with Gasteiger partial charge in [0.05, 0.1) is 5.69 Å². The number of anilines is 1. The molecule has 0 radical (unpaired) electrons. The standard InChI is InChI=1S/C29H34N4O4/c1-29(2,3)37-28(36)31-18-22-9-11-23(12-10-22)25-24(26(34)35)19-30-27(32-25)33-15-13-21(14-16-33)17-20-7-5-4-6-8-20/h4-12,19,21H,13-18H2,1-3H3,(H,31,36)(H,34,35). The Labute approximate surface area is 217 Å². The van der Waals surface area contributed by atoms with Crippen molar-refractivity contribution in [1.29, 1.82) is 0 Å². The summed E-state index contributed by atoms with van der Waals surface area (Å²) in [5.41, 5.74) is 2.78. The maximum Gasteiger partial charge on any atom is 0.407 e. The Bertz CT molecular complexity index is 1210. The van der Waals surface area contributed by atoms with Gasteiger partial charge in [0.25, 0.3) is 0 Å². The number of ether oxygens (including phenoxy) is 1. The molecule has 3 aromatic rings. The van der Waals surface area contributed by atoms with Gasteiger partial charge in [-0.25, -0.2) is 19.6 Å². The molecule has 4 rings (SSSR count). The number of benzene rings is 2. The lowest BCUT2D eigenvalue weighted by Gasteiger charge is -2.32. The summed E-state index contributed by atoms with van der Waals surface area (Å²) in [6.45, 7) is 7.39. The van der Waals surface area contributed by atoms with Gasteiger partial charge in [-0.2, -0.15) is 0 Å². The largest absolute Gasteiger partial charge is 0.478 e. The summed E-state index contributed by atoms with van der Waals surface area (Å²) < 4.78 is 5.26. The summed E-state index contributed by atoms with van der Waals surface area (Å²) in [6, 6.07) is 17.9. The number of amides is 1. The molecule has 1 aliphatic rings. The second-order valence-corrected chi connectivity index (χ2v) is 10.4. The van der Waals surface area contributed by atoms with Crippen molar-refractivity contribution in [2.24, 2.45) is 5.92 Å². The van der Waals surface area contributed by atoms with Crippen LogP contribution < -0.4 is 10.2 Å². The second kappa shape index (κ2) is 11.4. The zero-order valence-corrected chi connectivity index (χ0v) is 21.6. The van der Waals surface area contributed by atoms with Crippen LogP contribution in [0.25, 0.3) is 11.3 Å². The molecule has 0 aliphatic carbocycles. The lowest BCUT2D eigenvalue weighted by atomic mass is 9.90. The molecule has 8 heteroatoms. The van der Waals surface area contributed by atoms with E-state index >= 15 is 0 Å². The molecule has 0 atom stereocenters. The number of carbonyl (C=O) groups is 2. The number of rotatable bonds is 7. The highest BCUT2D eigenvalue weighted by Crippen LogP contribution is 2.28. The first kappa shape index (κ1) is 26.1. The molecule has 2 aromatic carbocycles. The summed E-state index contributed by atoms with van der Waals surface area (Å²) in [4.78, 5) is 35.0. The summed E-state index contributed by atoms with van der Waals surface area (Å²) in [5.74, 6) is 0.0888. The quantitative estimate of drug-likeness (QED) is 0.450. The molecule has 1 saturated heterocycles. The minimum Gasteiger partial charge on any atom is -0.478 e. The van der Waals surface area contributed by atoms with Crippen molar-refractivity contribution in [3.05, 3.63) is 77.5 Å².